The lowest BCUT2D eigenvalue weighted by Gasteiger charge is -2.25. The number of aliphatic hydroxyl groups is 1. The molecule has 1 atom stereocenters. The van der Waals surface area contributed by atoms with Crippen LogP contribution in [0.2, 0.25) is 0 Å². The Kier molecular flexibility index (Phi) is 8.01. The van der Waals surface area contributed by atoms with E-state index >= 15 is 0 Å². The van der Waals surface area contributed by atoms with Gasteiger partial charge in [-0.1, -0.05) is 6.07 Å². The van der Waals surface area contributed by atoms with Gasteiger partial charge in [0.1, 0.15) is 17.3 Å². The number of benzene rings is 1. The smallest absolute Gasteiger partial charge is 0.295 e. The number of nitrogens with zero attached hydrogens (tertiary/aromatic N) is 3. The first-order valence-electron chi connectivity index (χ1n) is 9.55. The van der Waals surface area contributed by atoms with Gasteiger partial charge in [0.15, 0.2) is 0 Å². The number of phenolic OH excluding ortho intramolecular Hbond substituents is 1. The Labute approximate surface area is 187 Å². The van der Waals surface area contributed by atoms with Crippen LogP contribution in [0.25, 0.3) is 5.76 Å². The third-order valence-electron chi connectivity index (χ3n) is 5.00. The van der Waals surface area contributed by atoms with Crippen LogP contribution in [0.15, 0.2) is 48.3 Å². The fourth-order valence-electron chi connectivity index (χ4n) is 3.54. The quantitative estimate of drug-likeness (QED) is 0.382. The van der Waals surface area contributed by atoms with Crippen LogP contribution in [-0.4, -0.2) is 71.0 Å². The summed E-state index contributed by atoms with van der Waals surface area (Å²) in [4.78, 5) is 33.3. The number of aromatic hydroxyl groups is 1. The molecule has 2 heterocycles. The molecular formula is C22H26ClN3O5. The summed E-state index contributed by atoms with van der Waals surface area (Å²) in [6.07, 6.45) is 3.82. The van der Waals surface area contributed by atoms with Crippen molar-refractivity contribution >= 4 is 29.9 Å². The molecule has 1 saturated heterocycles. The summed E-state index contributed by atoms with van der Waals surface area (Å²) in [6.45, 7) is 1.08. The first-order chi connectivity index (χ1) is 14.3. The molecule has 1 aromatic heterocycles. The van der Waals surface area contributed by atoms with E-state index in [1.54, 1.807) is 30.6 Å². The van der Waals surface area contributed by atoms with Crippen LogP contribution in [0.5, 0.6) is 11.5 Å². The minimum Gasteiger partial charge on any atom is -0.507 e. The van der Waals surface area contributed by atoms with E-state index in [2.05, 4.69) is 4.98 Å². The van der Waals surface area contributed by atoms with Gasteiger partial charge in [0.25, 0.3) is 11.7 Å². The zero-order valence-corrected chi connectivity index (χ0v) is 18.4. The number of methoxy groups -OCH3 is 1. The molecule has 166 valence electrons. The van der Waals surface area contributed by atoms with Gasteiger partial charge in [-0.3, -0.25) is 14.6 Å². The Morgan fingerprint density at radius 2 is 2.00 bits per heavy atom. The van der Waals surface area contributed by atoms with Crippen molar-refractivity contribution in [3.05, 3.63) is 59.4 Å². The average molecular weight is 448 g/mol. The Hall–Kier alpha value is -3.10. The lowest BCUT2D eigenvalue weighted by Crippen LogP contribution is -2.32. The zero-order chi connectivity index (χ0) is 21.8. The van der Waals surface area contributed by atoms with Gasteiger partial charge in [0.05, 0.1) is 24.3 Å². The lowest BCUT2D eigenvalue weighted by atomic mass is 9.96. The maximum Gasteiger partial charge on any atom is 0.295 e. The molecule has 1 aliphatic heterocycles. The number of rotatable bonds is 7. The third kappa shape index (κ3) is 4.98. The van der Waals surface area contributed by atoms with Crippen LogP contribution < -0.4 is 4.74 Å². The minimum atomic E-state index is -0.790. The zero-order valence-electron chi connectivity index (χ0n) is 17.6. The summed E-state index contributed by atoms with van der Waals surface area (Å²) in [6, 6.07) is 7.01. The predicted molar refractivity (Wildman–Crippen MR) is 118 cm³/mol. The van der Waals surface area contributed by atoms with Gasteiger partial charge in [-0.15, -0.1) is 12.4 Å². The van der Waals surface area contributed by atoms with Crippen molar-refractivity contribution in [2.45, 2.75) is 12.5 Å². The summed E-state index contributed by atoms with van der Waals surface area (Å²) in [5, 5.41) is 21.3. The van der Waals surface area contributed by atoms with Crippen LogP contribution in [-0.2, 0) is 9.59 Å². The molecule has 0 radical (unpaired) electrons. The molecule has 0 aliphatic carbocycles. The first-order valence-corrected chi connectivity index (χ1v) is 9.55. The van der Waals surface area contributed by atoms with E-state index in [0.717, 1.165) is 6.54 Å². The van der Waals surface area contributed by atoms with Gasteiger partial charge in [-0.05, 0) is 50.8 Å². The van der Waals surface area contributed by atoms with Crippen molar-refractivity contribution in [1.82, 2.24) is 14.8 Å². The number of aliphatic hydroxyl groups excluding tert-OH is 1. The summed E-state index contributed by atoms with van der Waals surface area (Å²) in [5.41, 5.74) is 0.588. The number of halogens is 1. The molecule has 3 rings (SSSR count). The van der Waals surface area contributed by atoms with Gasteiger partial charge in [0, 0.05) is 25.0 Å². The van der Waals surface area contributed by atoms with E-state index in [1.807, 2.05) is 19.0 Å². The molecule has 0 spiro atoms. The number of ether oxygens (including phenoxy) is 1. The van der Waals surface area contributed by atoms with E-state index in [0.29, 0.717) is 24.3 Å². The molecule has 9 heteroatoms. The van der Waals surface area contributed by atoms with Crippen LogP contribution in [0, 0.1) is 0 Å². The van der Waals surface area contributed by atoms with Crippen LogP contribution in [0.4, 0.5) is 0 Å². The van der Waals surface area contributed by atoms with Gasteiger partial charge < -0.3 is 24.7 Å². The molecule has 1 unspecified atom stereocenters. The highest BCUT2D eigenvalue weighted by atomic mass is 35.5. The number of likely N-dealkylation sites (tertiary alicyclic amines) is 1. The number of hydrogen-bond donors (Lipinski definition) is 2. The number of pyridine rings is 1. The Bertz CT molecular complexity index is 978. The number of Topliss-reactive ketones (excluding diaryl/α,β-unsaturated/α-hetero) is 1. The van der Waals surface area contributed by atoms with Crippen LogP contribution in [0.1, 0.15) is 23.6 Å². The number of amides is 1. The fraction of sp³-hybridized carbons (Fsp3) is 0.318. The van der Waals surface area contributed by atoms with Gasteiger partial charge in [-0.25, -0.2) is 0 Å². The Morgan fingerprint density at radius 1 is 1.26 bits per heavy atom. The van der Waals surface area contributed by atoms with Gasteiger partial charge in [0.2, 0.25) is 0 Å². The lowest BCUT2D eigenvalue weighted by molar-refractivity contribution is -0.139. The van der Waals surface area contributed by atoms with Gasteiger partial charge in [-0.2, -0.15) is 0 Å². The number of hydrogen-bond acceptors (Lipinski definition) is 7. The summed E-state index contributed by atoms with van der Waals surface area (Å²) >= 11 is 0. The van der Waals surface area contributed by atoms with Crippen LogP contribution in [0.3, 0.4) is 0 Å². The SMILES string of the molecule is COc1ccc(/C(O)=C2\C(=O)C(=O)N(CCCN(C)C)C2c2cccnc2)c(O)c1.Cl. The highest BCUT2D eigenvalue weighted by Gasteiger charge is 2.46. The average Bonchev–Trinajstić information content (AvgIpc) is 2.98. The second kappa shape index (κ2) is 10.3. The topological polar surface area (TPSA) is 103 Å². The second-order valence-electron chi connectivity index (χ2n) is 7.32. The van der Waals surface area contributed by atoms with Gasteiger partial charge >= 0.3 is 0 Å². The molecule has 1 amide bonds. The summed E-state index contributed by atoms with van der Waals surface area (Å²) in [5.74, 6) is -1.76. The minimum absolute atomic E-state index is 0. The molecule has 1 fully saturated rings. The number of carbonyl (C=O) groups excluding carboxylic acids is 2. The number of carbonyl (C=O) groups is 2. The third-order valence-corrected chi connectivity index (χ3v) is 5.00. The number of phenols is 1. The Morgan fingerprint density at radius 3 is 2.58 bits per heavy atom. The van der Waals surface area contributed by atoms with Crippen molar-refractivity contribution < 1.29 is 24.5 Å². The van der Waals surface area contributed by atoms with Crippen molar-refractivity contribution in [1.29, 1.82) is 0 Å². The molecule has 1 aromatic carbocycles. The normalized spacial score (nSPS) is 17.7. The molecule has 31 heavy (non-hydrogen) atoms. The molecule has 1 aliphatic rings. The Balaban J connectivity index is 0.00000341. The van der Waals surface area contributed by atoms with E-state index < -0.39 is 23.5 Å². The van der Waals surface area contributed by atoms with E-state index in [9.17, 15) is 19.8 Å². The largest absolute Gasteiger partial charge is 0.507 e. The highest BCUT2D eigenvalue weighted by molar-refractivity contribution is 6.46. The standard InChI is InChI=1S/C22H25N3O5.ClH/c1-24(2)10-5-11-25-19(14-6-4-9-23-13-14)18(21(28)22(25)29)20(27)16-8-7-15(30-3)12-17(16)26;/h4,6-9,12-13,19,26-27H,5,10-11H2,1-3H3;1H/b20-18+;. The van der Waals surface area contributed by atoms with E-state index in [4.69, 9.17) is 4.74 Å². The van der Waals surface area contributed by atoms with Crippen LogP contribution >= 0.6 is 12.4 Å². The van der Waals surface area contributed by atoms with E-state index in [-0.39, 0.29) is 29.3 Å². The van der Waals surface area contributed by atoms with Crippen molar-refractivity contribution in [2.24, 2.45) is 0 Å². The number of aromatic nitrogens is 1. The maximum atomic E-state index is 12.9. The fourth-order valence-corrected chi connectivity index (χ4v) is 3.54. The number of ketones is 1. The maximum absolute atomic E-state index is 12.9. The van der Waals surface area contributed by atoms with E-state index in [1.165, 1.54) is 24.1 Å². The predicted octanol–water partition coefficient (Wildman–Crippen LogP) is 2.59. The van der Waals surface area contributed by atoms with Crippen molar-refractivity contribution in [3.8, 4) is 11.5 Å². The summed E-state index contributed by atoms with van der Waals surface area (Å²) < 4.78 is 5.07. The molecule has 0 bridgehead atoms. The van der Waals surface area contributed by atoms with Crippen molar-refractivity contribution in [3.63, 3.8) is 0 Å². The molecular weight excluding hydrogens is 422 g/mol. The summed E-state index contributed by atoms with van der Waals surface area (Å²) in [7, 11) is 5.31. The molecule has 8 nitrogen and oxygen atoms in total. The molecule has 2 aromatic rings. The second-order valence-corrected chi connectivity index (χ2v) is 7.32. The molecule has 2 N–H and O–H groups in total. The molecule has 0 saturated carbocycles. The van der Waals surface area contributed by atoms with Crippen molar-refractivity contribution in [2.75, 3.05) is 34.3 Å². The highest BCUT2D eigenvalue weighted by Crippen LogP contribution is 2.41. The first kappa shape index (κ1) is 24.2. The monoisotopic (exact) mass is 447 g/mol.